The first-order valence-corrected chi connectivity index (χ1v) is 9.52. The van der Waals surface area contributed by atoms with Gasteiger partial charge in [0.25, 0.3) is 0 Å². The number of unbranched alkanes of at least 4 members (excludes halogenated alkanes) is 1. The maximum Gasteiger partial charge on any atom is 0.246 e. The van der Waals surface area contributed by atoms with E-state index in [1.807, 2.05) is 30.0 Å². The Bertz CT molecular complexity index is 661. The molecule has 0 amide bonds. The van der Waals surface area contributed by atoms with E-state index in [-0.39, 0.29) is 0 Å². The van der Waals surface area contributed by atoms with E-state index in [1.165, 1.54) is 12.2 Å². The number of nitrogens with zero attached hydrogens (tertiary/aromatic N) is 3. The first-order valence-electron chi connectivity index (χ1n) is 7.75. The lowest BCUT2D eigenvalue weighted by Crippen LogP contribution is -2.37. The summed E-state index contributed by atoms with van der Waals surface area (Å²) in [4.78, 5) is 8.54. The Kier molecular flexibility index (Phi) is 7.91. The van der Waals surface area contributed by atoms with Gasteiger partial charge in [0.05, 0.1) is 6.54 Å². The summed E-state index contributed by atoms with van der Waals surface area (Å²) in [5, 5.41) is 11.1. The fraction of sp³-hybridized carbons (Fsp3) is 0.438. The van der Waals surface area contributed by atoms with E-state index in [1.54, 1.807) is 13.1 Å². The molecule has 1 aromatic carbocycles. The topological polar surface area (TPSA) is 75.3 Å². The lowest BCUT2D eigenvalue weighted by molar-refractivity contribution is 0.375. The minimum Gasteiger partial charge on any atom is -0.356 e. The summed E-state index contributed by atoms with van der Waals surface area (Å²) in [5.74, 6) is 2.92. The zero-order valence-electron chi connectivity index (χ0n) is 13.9. The van der Waals surface area contributed by atoms with Crippen LogP contribution in [0.4, 0.5) is 0 Å². The largest absolute Gasteiger partial charge is 0.356 e. The Balaban J connectivity index is 1.81. The first kappa shape index (κ1) is 18.6. The van der Waals surface area contributed by atoms with Crippen molar-refractivity contribution in [3.63, 3.8) is 0 Å². The molecule has 0 spiro atoms. The molecule has 0 saturated carbocycles. The minimum absolute atomic E-state index is 0.415. The number of hydrogen-bond acceptors (Lipinski definition) is 5. The van der Waals surface area contributed by atoms with Crippen LogP contribution in [0.1, 0.15) is 18.7 Å². The maximum atomic E-state index is 5.98. The second-order valence-corrected chi connectivity index (χ2v) is 6.50. The van der Waals surface area contributed by atoms with Crippen LogP contribution < -0.4 is 10.6 Å². The molecule has 1 heterocycles. The quantitative estimate of drug-likeness (QED) is 0.424. The molecule has 0 bridgehead atoms. The van der Waals surface area contributed by atoms with Gasteiger partial charge in [-0.2, -0.15) is 16.7 Å². The Morgan fingerprint density at radius 3 is 2.96 bits per heavy atom. The fourth-order valence-corrected chi connectivity index (χ4v) is 2.71. The van der Waals surface area contributed by atoms with E-state index in [0.717, 1.165) is 24.5 Å². The summed E-state index contributed by atoms with van der Waals surface area (Å²) >= 11 is 7.84. The van der Waals surface area contributed by atoms with Crippen molar-refractivity contribution in [3.8, 4) is 11.4 Å². The number of aliphatic imine (C=N–C) groups is 1. The molecule has 0 aliphatic heterocycles. The molecule has 0 radical (unpaired) electrons. The van der Waals surface area contributed by atoms with Crippen LogP contribution in [0.5, 0.6) is 0 Å². The SMILES string of the molecule is CN=C(NCCCCSC)NCc1nc(-c2cccc(Cl)c2)no1. The maximum absolute atomic E-state index is 5.98. The van der Waals surface area contributed by atoms with Gasteiger partial charge < -0.3 is 15.2 Å². The fourth-order valence-electron chi connectivity index (χ4n) is 2.03. The second kappa shape index (κ2) is 10.2. The van der Waals surface area contributed by atoms with E-state index >= 15 is 0 Å². The average Bonchev–Trinajstić information content (AvgIpc) is 3.06. The number of halogens is 1. The molecule has 1 aromatic heterocycles. The van der Waals surface area contributed by atoms with Gasteiger partial charge in [-0.05, 0) is 37.0 Å². The van der Waals surface area contributed by atoms with Gasteiger partial charge in [-0.15, -0.1) is 0 Å². The zero-order chi connectivity index (χ0) is 17.2. The molecule has 0 aliphatic rings. The predicted octanol–water partition coefficient (Wildman–Crippen LogP) is 3.20. The minimum atomic E-state index is 0.415. The highest BCUT2D eigenvalue weighted by molar-refractivity contribution is 7.98. The summed E-state index contributed by atoms with van der Waals surface area (Å²) in [6.07, 6.45) is 4.43. The zero-order valence-corrected chi connectivity index (χ0v) is 15.5. The molecule has 0 fully saturated rings. The van der Waals surface area contributed by atoms with Crippen molar-refractivity contribution in [2.24, 2.45) is 4.99 Å². The Morgan fingerprint density at radius 2 is 2.21 bits per heavy atom. The lowest BCUT2D eigenvalue weighted by Gasteiger charge is -2.09. The molecule has 130 valence electrons. The van der Waals surface area contributed by atoms with Gasteiger partial charge in [0, 0.05) is 24.2 Å². The predicted molar refractivity (Wildman–Crippen MR) is 101 cm³/mol. The first-order chi connectivity index (χ1) is 11.7. The van der Waals surface area contributed by atoms with Crippen LogP contribution >= 0.6 is 23.4 Å². The summed E-state index contributed by atoms with van der Waals surface area (Å²) in [5.41, 5.74) is 0.828. The smallest absolute Gasteiger partial charge is 0.246 e. The standard InChI is InChI=1S/C16H22ClN5OS/c1-18-16(19-8-3-4-9-24-2)20-11-14-21-15(22-23-14)12-6-5-7-13(17)10-12/h5-7,10H,3-4,8-9,11H2,1-2H3,(H2,18,19,20). The third-order valence-electron chi connectivity index (χ3n) is 3.25. The number of nitrogens with one attached hydrogen (secondary N) is 2. The number of thioether (sulfide) groups is 1. The number of hydrogen-bond donors (Lipinski definition) is 2. The van der Waals surface area contributed by atoms with Crippen LogP contribution in [-0.2, 0) is 6.54 Å². The van der Waals surface area contributed by atoms with Crippen molar-refractivity contribution in [2.75, 3.05) is 25.6 Å². The van der Waals surface area contributed by atoms with Crippen molar-refractivity contribution in [1.82, 2.24) is 20.8 Å². The van der Waals surface area contributed by atoms with Gasteiger partial charge in [0.15, 0.2) is 5.96 Å². The molecular weight excluding hydrogens is 346 g/mol. The Hall–Kier alpha value is -1.73. The van der Waals surface area contributed by atoms with Gasteiger partial charge >= 0.3 is 0 Å². The van der Waals surface area contributed by atoms with Crippen LogP contribution in [0.15, 0.2) is 33.8 Å². The summed E-state index contributed by atoms with van der Waals surface area (Å²) in [6.45, 7) is 1.30. The molecule has 0 atom stereocenters. The van der Waals surface area contributed by atoms with Crippen molar-refractivity contribution in [2.45, 2.75) is 19.4 Å². The normalized spacial score (nSPS) is 11.5. The monoisotopic (exact) mass is 367 g/mol. The van der Waals surface area contributed by atoms with Crippen LogP contribution in [0, 0.1) is 0 Å². The highest BCUT2D eigenvalue weighted by Gasteiger charge is 2.09. The summed E-state index contributed by atoms with van der Waals surface area (Å²) in [6, 6.07) is 7.36. The molecule has 2 aromatic rings. The Morgan fingerprint density at radius 1 is 1.33 bits per heavy atom. The van der Waals surface area contributed by atoms with Gasteiger partial charge in [-0.3, -0.25) is 4.99 Å². The Labute approximate surface area is 151 Å². The highest BCUT2D eigenvalue weighted by Crippen LogP contribution is 2.19. The van der Waals surface area contributed by atoms with Gasteiger partial charge in [-0.25, -0.2) is 0 Å². The molecule has 2 rings (SSSR count). The lowest BCUT2D eigenvalue weighted by atomic mass is 10.2. The molecule has 6 nitrogen and oxygen atoms in total. The molecule has 24 heavy (non-hydrogen) atoms. The third kappa shape index (κ3) is 6.05. The summed E-state index contributed by atoms with van der Waals surface area (Å²) in [7, 11) is 1.74. The van der Waals surface area contributed by atoms with E-state index in [2.05, 4.69) is 32.0 Å². The van der Waals surface area contributed by atoms with Crippen molar-refractivity contribution < 1.29 is 4.52 Å². The molecule has 8 heteroatoms. The van der Waals surface area contributed by atoms with E-state index in [4.69, 9.17) is 16.1 Å². The molecule has 0 unspecified atom stereocenters. The summed E-state index contributed by atoms with van der Waals surface area (Å²) < 4.78 is 5.26. The van der Waals surface area contributed by atoms with Gasteiger partial charge in [0.2, 0.25) is 11.7 Å². The van der Waals surface area contributed by atoms with Crippen LogP contribution in [-0.4, -0.2) is 41.7 Å². The number of aromatic nitrogens is 2. The van der Waals surface area contributed by atoms with Gasteiger partial charge in [0.1, 0.15) is 0 Å². The van der Waals surface area contributed by atoms with Crippen LogP contribution in [0.3, 0.4) is 0 Å². The van der Waals surface area contributed by atoms with Crippen LogP contribution in [0.2, 0.25) is 5.02 Å². The van der Waals surface area contributed by atoms with E-state index < -0.39 is 0 Å². The van der Waals surface area contributed by atoms with Crippen LogP contribution in [0.25, 0.3) is 11.4 Å². The number of guanidine groups is 1. The molecule has 2 N–H and O–H groups in total. The molecule has 0 saturated heterocycles. The second-order valence-electron chi connectivity index (χ2n) is 5.07. The number of rotatable bonds is 8. The van der Waals surface area contributed by atoms with E-state index in [9.17, 15) is 0 Å². The third-order valence-corrected chi connectivity index (χ3v) is 4.18. The average molecular weight is 368 g/mol. The van der Waals surface area contributed by atoms with Crippen molar-refractivity contribution >= 4 is 29.3 Å². The molecular formula is C16H22ClN5OS. The van der Waals surface area contributed by atoms with Crippen molar-refractivity contribution in [1.29, 1.82) is 0 Å². The molecule has 0 aliphatic carbocycles. The number of benzene rings is 1. The van der Waals surface area contributed by atoms with E-state index in [0.29, 0.717) is 23.3 Å². The van der Waals surface area contributed by atoms with Gasteiger partial charge in [-0.1, -0.05) is 28.9 Å². The highest BCUT2D eigenvalue weighted by atomic mass is 35.5. The van der Waals surface area contributed by atoms with Crippen molar-refractivity contribution in [3.05, 3.63) is 35.2 Å².